The van der Waals surface area contributed by atoms with Crippen LogP contribution < -0.4 is 0 Å². The molecule has 105 valence electrons. The molecular formula is C16H23FNO. The van der Waals surface area contributed by atoms with Crippen molar-refractivity contribution in [3.05, 3.63) is 41.6 Å². The van der Waals surface area contributed by atoms with Gasteiger partial charge in [0.1, 0.15) is 5.82 Å². The highest BCUT2D eigenvalue weighted by atomic mass is 19.1. The summed E-state index contributed by atoms with van der Waals surface area (Å²) in [5.41, 5.74) is 0.00418. The number of hydrogen-bond acceptors (Lipinski definition) is 2. The Kier molecular flexibility index (Phi) is 4.26. The first-order valence-electron chi connectivity index (χ1n) is 6.91. The third kappa shape index (κ3) is 3.15. The fourth-order valence-corrected chi connectivity index (χ4v) is 2.96. The number of nitrogens with zero attached hydrogens (tertiary/aromatic N) is 1. The SMILES string of the molecule is C[C](C)CN1CCC(O)(c2ccc(F)cc2)C(C)C1. The van der Waals surface area contributed by atoms with Crippen LogP contribution in [0.5, 0.6) is 0 Å². The largest absolute Gasteiger partial charge is 0.385 e. The molecule has 1 aromatic carbocycles. The van der Waals surface area contributed by atoms with Crippen molar-refractivity contribution in [1.29, 1.82) is 0 Å². The summed E-state index contributed by atoms with van der Waals surface area (Å²) >= 11 is 0. The maximum absolute atomic E-state index is 13.0. The molecule has 1 heterocycles. The van der Waals surface area contributed by atoms with E-state index in [4.69, 9.17) is 0 Å². The minimum atomic E-state index is -0.828. The summed E-state index contributed by atoms with van der Waals surface area (Å²) in [5.74, 6) is 1.28. The highest BCUT2D eigenvalue weighted by Gasteiger charge is 2.40. The second-order valence-electron chi connectivity index (χ2n) is 6.02. The van der Waals surface area contributed by atoms with Crippen molar-refractivity contribution in [1.82, 2.24) is 4.90 Å². The minimum absolute atomic E-state index is 0.145. The van der Waals surface area contributed by atoms with Crippen LogP contribution in [-0.2, 0) is 5.60 Å². The lowest BCUT2D eigenvalue weighted by Crippen LogP contribution is -2.49. The maximum Gasteiger partial charge on any atom is 0.123 e. The Morgan fingerprint density at radius 1 is 1.37 bits per heavy atom. The van der Waals surface area contributed by atoms with Gasteiger partial charge in [-0.05, 0) is 30.0 Å². The Hall–Kier alpha value is -0.930. The summed E-state index contributed by atoms with van der Waals surface area (Å²) in [4.78, 5) is 2.37. The van der Waals surface area contributed by atoms with Crippen molar-refractivity contribution in [3.63, 3.8) is 0 Å². The zero-order valence-corrected chi connectivity index (χ0v) is 12.0. The van der Waals surface area contributed by atoms with Gasteiger partial charge in [0.15, 0.2) is 0 Å². The van der Waals surface area contributed by atoms with Crippen LogP contribution in [0.15, 0.2) is 24.3 Å². The Morgan fingerprint density at radius 3 is 2.53 bits per heavy atom. The third-order valence-electron chi connectivity index (χ3n) is 4.04. The van der Waals surface area contributed by atoms with Crippen LogP contribution in [-0.4, -0.2) is 29.6 Å². The molecule has 19 heavy (non-hydrogen) atoms. The fourth-order valence-electron chi connectivity index (χ4n) is 2.96. The van der Waals surface area contributed by atoms with E-state index in [0.717, 1.165) is 25.2 Å². The first kappa shape index (κ1) is 14.5. The fraction of sp³-hybridized carbons (Fsp3) is 0.562. The van der Waals surface area contributed by atoms with Gasteiger partial charge >= 0.3 is 0 Å². The molecular weight excluding hydrogens is 241 g/mol. The van der Waals surface area contributed by atoms with E-state index in [2.05, 4.69) is 25.7 Å². The summed E-state index contributed by atoms with van der Waals surface area (Å²) in [6.07, 6.45) is 0.701. The number of rotatable bonds is 3. The second-order valence-corrected chi connectivity index (χ2v) is 6.02. The van der Waals surface area contributed by atoms with Crippen LogP contribution in [0.4, 0.5) is 4.39 Å². The maximum atomic E-state index is 13.0. The van der Waals surface area contributed by atoms with Gasteiger partial charge in [-0.2, -0.15) is 0 Å². The lowest BCUT2D eigenvalue weighted by Gasteiger charge is -2.44. The van der Waals surface area contributed by atoms with Gasteiger partial charge in [-0.1, -0.05) is 32.9 Å². The molecule has 1 aromatic rings. The zero-order valence-electron chi connectivity index (χ0n) is 12.0. The Labute approximate surface area is 115 Å². The molecule has 2 atom stereocenters. The molecule has 0 aliphatic carbocycles. The van der Waals surface area contributed by atoms with E-state index in [-0.39, 0.29) is 11.7 Å². The van der Waals surface area contributed by atoms with Crippen molar-refractivity contribution in [2.24, 2.45) is 5.92 Å². The molecule has 3 heteroatoms. The molecule has 2 nitrogen and oxygen atoms in total. The van der Waals surface area contributed by atoms with Crippen LogP contribution in [0.2, 0.25) is 0 Å². The highest BCUT2D eigenvalue weighted by molar-refractivity contribution is 5.24. The monoisotopic (exact) mass is 264 g/mol. The van der Waals surface area contributed by atoms with Crippen LogP contribution in [0.3, 0.4) is 0 Å². The molecule has 0 saturated carbocycles. The van der Waals surface area contributed by atoms with Gasteiger partial charge < -0.3 is 10.0 Å². The normalized spacial score (nSPS) is 28.8. The highest BCUT2D eigenvalue weighted by Crippen LogP contribution is 2.37. The molecule has 1 radical (unpaired) electrons. The molecule has 0 amide bonds. The molecule has 0 aromatic heterocycles. The van der Waals surface area contributed by atoms with E-state index in [1.807, 2.05) is 0 Å². The Balaban J connectivity index is 2.11. The van der Waals surface area contributed by atoms with Gasteiger partial charge in [0.05, 0.1) is 5.60 Å². The van der Waals surface area contributed by atoms with Gasteiger partial charge in [0, 0.05) is 25.6 Å². The molecule has 2 rings (SSSR count). The Bertz CT molecular complexity index is 417. The van der Waals surface area contributed by atoms with E-state index < -0.39 is 5.60 Å². The molecule has 1 fully saturated rings. The van der Waals surface area contributed by atoms with E-state index >= 15 is 0 Å². The summed E-state index contributed by atoms with van der Waals surface area (Å²) < 4.78 is 13.0. The molecule has 2 unspecified atom stereocenters. The number of aliphatic hydroxyl groups is 1. The third-order valence-corrected chi connectivity index (χ3v) is 4.04. The molecule has 0 bridgehead atoms. The van der Waals surface area contributed by atoms with Crippen molar-refractivity contribution in [3.8, 4) is 0 Å². The molecule has 0 spiro atoms. The van der Waals surface area contributed by atoms with Crippen molar-refractivity contribution < 1.29 is 9.50 Å². The van der Waals surface area contributed by atoms with Gasteiger partial charge in [0.25, 0.3) is 0 Å². The quantitative estimate of drug-likeness (QED) is 0.907. The van der Waals surface area contributed by atoms with Crippen molar-refractivity contribution in [2.75, 3.05) is 19.6 Å². The summed E-state index contributed by atoms with van der Waals surface area (Å²) in [7, 11) is 0. The first-order chi connectivity index (χ1) is 8.91. The number of benzene rings is 1. The first-order valence-corrected chi connectivity index (χ1v) is 6.91. The molecule has 1 saturated heterocycles. The molecule has 1 aliphatic heterocycles. The number of hydrogen-bond donors (Lipinski definition) is 1. The van der Waals surface area contributed by atoms with Crippen LogP contribution in [0, 0.1) is 17.7 Å². The molecule has 1 N–H and O–H groups in total. The predicted molar refractivity (Wildman–Crippen MR) is 75.1 cm³/mol. The lowest BCUT2D eigenvalue weighted by molar-refractivity contribution is -0.0701. The molecule has 1 aliphatic rings. The van der Waals surface area contributed by atoms with Crippen LogP contribution >= 0.6 is 0 Å². The number of piperidine rings is 1. The summed E-state index contributed by atoms with van der Waals surface area (Å²) in [6.45, 7) is 9.07. The van der Waals surface area contributed by atoms with E-state index in [1.165, 1.54) is 18.1 Å². The van der Waals surface area contributed by atoms with E-state index in [0.29, 0.717) is 6.42 Å². The Morgan fingerprint density at radius 2 is 2.00 bits per heavy atom. The number of halogens is 1. The van der Waals surface area contributed by atoms with Crippen molar-refractivity contribution >= 4 is 0 Å². The topological polar surface area (TPSA) is 23.5 Å². The average Bonchev–Trinajstić information content (AvgIpc) is 2.34. The second kappa shape index (κ2) is 5.59. The lowest BCUT2D eigenvalue weighted by atomic mass is 9.77. The summed E-state index contributed by atoms with van der Waals surface area (Å²) in [6, 6.07) is 6.27. The predicted octanol–water partition coefficient (Wildman–Crippen LogP) is 2.97. The van der Waals surface area contributed by atoms with Crippen LogP contribution in [0.1, 0.15) is 32.8 Å². The minimum Gasteiger partial charge on any atom is -0.385 e. The standard InChI is InChI=1S/C16H23FNO/c1-12(2)10-18-9-8-16(19,13(3)11-18)14-4-6-15(17)7-5-14/h4-7,13,19H,8-11H2,1-3H3. The van der Waals surface area contributed by atoms with E-state index in [9.17, 15) is 9.50 Å². The smallest absolute Gasteiger partial charge is 0.123 e. The van der Waals surface area contributed by atoms with Gasteiger partial charge in [0.2, 0.25) is 0 Å². The van der Waals surface area contributed by atoms with Crippen LogP contribution in [0.25, 0.3) is 0 Å². The van der Waals surface area contributed by atoms with E-state index in [1.54, 1.807) is 12.1 Å². The zero-order chi connectivity index (χ0) is 14.0. The summed E-state index contributed by atoms with van der Waals surface area (Å²) in [5, 5.41) is 10.9. The van der Waals surface area contributed by atoms with Gasteiger partial charge in [-0.25, -0.2) is 4.39 Å². The van der Waals surface area contributed by atoms with Gasteiger partial charge in [-0.15, -0.1) is 0 Å². The number of likely N-dealkylation sites (tertiary alicyclic amines) is 1. The average molecular weight is 264 g/mol. The van der Waals surface area contributed by atoms with Crippen molar-refractivity contribution in [2.45, 2.75) is 32.8 Å². The van der Waals surface area contributed by atoms with Gasteiger partial charge in [-0.3, -0.25) is 0 Å².